The zero-order chi connectivity index (χ0) is 16.3. The van der Waals surface area contributed by atoms with Gasteiger partial charge < -0.3 is 14.8 Å². The number of hydrogen-bond donors (Lipinski definition) is 1. The van der Waals surface area contributed by atoms with E-state index in [1.165, 1.54) is 13.8 Å². The molecule has 0 saturated heterocycles. The SMILES string of the molecule is CCOP(=O)(OCC)[C@@H](N)c1ccc(F)cc1C(F)(F)F. The highest BCUT2D eigenvalue weighted by molar-refractivity contribution is 7.54. The smallest absolute Gasteiger partial charge is 0.314 e. The molecule has 1 aromatic rings. The van der Waals surface area contributed by atoms with E-state index in [-0.39, 0.29) is 13.2 Å². The Kier molecular flexibility index (Phi) is 5.92. The third-order valence-corrected chi connectivity index (χ3v) is 4.79. The zero-order valence-corrected chi connectivity index (χ0v) is 12.4. The summed E-state index contributed by atoms with van der Waals surface area (Å²) in [6.07, 6.45) is -4.84. The molecule has 0 amide bonds. The van der Waals surface area contributed by atoms with Gasteiger partial charge in [-0.25, -0.2) is 4.39 Å². The van der Waals surface area contributed by atoms with Crippen molar-refractivity contribution in [1.82, 2.24) is 0 Å². The lowest BCUT2D eigenvalue weighted by molar-refractivity contribution is -0.138. The molecule has 9 heteroatoms. The molecule has 0 aliphatic rings. The van der Waals surface area contributed by atoms with E-state index in [2.05, 4.69) is 0 Å². The van der Waals surface area contributed by atoms with Gasteiger partial charge in [0, 0.05) is 0 Å². The van der Waals surface area contributed by atoms with Crippen LogP contribution in [0.25, 0.3) is 0 Å². The van der Waals surface area contributed by atoms with E-state index in [9.17, 15) is 22.1 Å². The lowest BCUT2D eigenvalue weighted by Gasteiger charge is -2.25. The Balaban J connectivity index is 3.34. The molecule has 0 bridgehead atoms. The topological polar surface area (TPSA) is 61.5 Å². The Morgan fingerprint density at radius 1 is 1.24 bits per heavy atom. The largest absolute Gasteiger partial charge is 0.416 e. The second-order valence-corrected chi connectivity index (χ2v) is 6.20. The molecule has 0 aliphatic carbocycles. The van der Waals surface area contributed by atoms with Crippen molar-refractivity contribution >= 4 is 7.60 Å². The molecule has 0 fully saturated rings. The molecular formula is C12H16F4NO3P. The summed E-state index contributed by atoms with van der Waals surface area (Å²) in [6, 6.07) is 1.96. The minimum absolute atomic E-state index is 0.0481. The van der Waals surface area contributed by atoms with Crippen LogP contribution in [0, 0.1) is 5.82 Å². The fourth-order valence-electron chi connectivity index (χ4n) is 1.76. The number of hydrogen-bond acceptors (Lipinski definition) is 4. The summed E-state index contributed by atoms with van der Waals surface area (Å²) in [7, 11) is -3.99. The maximum absolute atomic E-state index is 13.1. The van der Waals surface area contributed by atoms with Crippen molar-refractivity contribution in [1.29, 1.82) is 0 Å². The summed E-state index contributed by atoms with van der Waals surface area (Å²) >= 11 is 0. The third-order valence-electron chi connectivity index (χ3n) is 2.60. The summed E-state index contributed by atoms with van der Waals surface area (Å²) in [5.41, 5.74) is 3.83. The van der Waals surface area contributed by atoms with Gasteiger partial charge in [0.05, 0.1) is 18.8 Å². The van der Waals surface area contributed by atoms with E-state index in [1.807, 2.05) is 0 Å². The molecule has 21 heavy (non-hydrogen) atoms. The normalized spacial score (nSPS) is 14.2. The van der Waals surface area contributed by atoms with Crippen molar-refractivity contribution in [2.24, 2.45) is 5.73 Å². The first-order valence-electron chi connectivity index (χ1n) is 6.16. The standard InChI is InChI=1S/C12H16F4NO3P/c1-3-19-21(18,20-4-2)11(17)9-6-5-8(13)7-10(9)12(14,15)16/h5-7,11H,3-4,17H2,1-2H3/t11-/m1/s1. The van der Waals surface area contributed by atoms with Crippen molar-refractivity contribution in [3.8, 4) is 0 Å². The summed E-state index contributed by atoms with van der Waals surface area (Å²) in [5.74, 6) is -2.73. The lowest BCUT2D eigenvalue weighted by Crippen LogP contribution is -2.20. The van der Waals surface area contributed by atoms with E-state index < -0.39 is 36.5 Å². The van der Waals surface area contributed by atoms with Crippen LogP contribution in [0.2, 0.25) is 0 Å². The van der Waals surface area contributed by atoms with Crippen LogP contribution in [-0.4, -0.2) is 13.2 Å². The highest BCUT2D eigenvalue weighted by atomic mass is 31.2. The van der Waals surface area contributed by atoms with Gasteiger partial charge in [0.1, 0.15) is 11.6 Å². The van der Waals surface area contributed by atoms with Gasteiger partial charge in [0.2, 0.25) is 0 Å². The van der Waals surface area contributed by atoms with Gasteiger partial charge in [-0.05, 0) is 31.5 Å². The van der Waals surface area contributed by atoms with Gasteiger partial charge in [-0.3, -0.25) is 4.57 Å². The Morgan fingerprint density at radius 2 is 1.76 bits per heavy atom. The Bertz CT molecular complexity index is 526. The minimum atomic E-state index is -4.84. The molecule has 0 heterocycles. The van der Waals surface area contributed by atoms with E-state index in [4.69, 9.17) is 14.8 Å². The van der Waals surface area contributed by atoms with Crippen LogP contribution in [0.5, 0.6) is 0 Å². The van der Waals surface area contributed by atoms with Gasteiger partial charge in [-0.1, -0.05) is 6.07 Å². The second kappa shape index (κ2) is 6.87. The summed E-state index contributed by atoms with van der Waals surface area (Å²) in [6.45, 7) is 2.92. The van der Waals surface area contributed by atoms with Gasteiger partial charge in [-0.15, -0.1) is 0 Å². The molecule has 1 rings (SSSR count). The van der Waals surface area contributed by atoms with Crippen LogP contribution >= 0.6 is 7.60 Å². The van der Waals surface area contributed by atoms with Gasteiger partial charge >= 0.3 is 13.8 Å². The molecule has 0 aromatic heterocycles. The van der Waals surface area contributed by atoms with Crippen molar-refractivity contribution in [3.05, 3.63) is 35.1 Å². The van der Waals surface area contributed by atoms with Gasteiger partial charge in [0.15, 0.2) is 0 Å². The summed E-state index contributed by atoms with van der Waals surface area (Å²) in [4.78, 5) is 0. The molecule has 120 valence electrons. The Morgan fingerprint density at radius 3 is 2.19 bits per heavy atom. The summed E-state index contributed by atoms with van der Waals surface area (Å²) < 4.78 is 74.2. The average Bonchev–Trinajstić information content (AvgIpc) is 2.37. The number of halogens is 4. The molecular weight excluding hydrogens is 313 g/mol. The summed E-state index contributed by atoms with van der Waals surface area (Å²) in [5, 5.41) is 0. The van der Waals surface area contributed by atoms with Crippen LogP contribution in [0.15, 0.2) is 18.2 Å². The Hall–Kier alpha value is -0.950. The predicted octanol–water partition coefficient (Wildman–Crippen LogP) is 4.07. The first-order chi connectivity index (χ1) is 9.65. The second-order valence-electron chi connectivity index (χ2n) is 4.05. The van der Waals surface area contributed by atoms with Crippen molar-refractivity contribution in [3.63, 3.8) is 0 Å². The first-order valence-corrected chi connectivity index (χ1v) is 7.78. The van der Waals surface area contributed by atoms with E-state index in [0.29, 0.717) is 6.07 Å². The van der Waals surface area contributed by atoms with E-state index >= 15 is 0 Å². The first kappa shape index (κ1) is 18.1. The van der Waals surface area contributed by atoms with Crippen LogP contribution in [0.4, 0.5) is 17.6 Å². The number of benzene rings is 1. The number of nitrogens with two attached hydrogens (primary N) is 1. The van der Waals surface area contributed by atoms with Crippen molar-refractivity contribution < 1.29 is 31.2 Å². The molecule has 0 saturated carbocycles. The van der Waals surface area contributed by atoms with Crippen molar-refractivity contribution in [2.45, 2.75) is 25.8 Å². The van der Waals surface area contributed by atoms with Gasteiger partial charge in [-0.2, -0.15) is 13.2 Å². The van der Waals surface area contributed by atoms with Crippen LogP contribution in [-0.2, 0) is 19.8 Å². The Labute approximate surface area is 119 Å². The van der Waals surface area contributed by atoms with Gasteiger partial charge in [0.25, 0.3) is 0 Å². The van der Waals surface area contributed by atoms with Crippen molar-refractivity contribution in [2.75, 3.05) is 13.2 Å². The maximum atomic E-state index is 13.1. The number of alkyl halides is 3. The van der Waals surface area contributed by atoms with Crippen LogP contribution in [0.1, 0.15) is 30.8 Å². The predicted molar refractivity (Wildman–Crippen MR) is 69.2 cm³/mol. The third kappa shape index (κ3) is 4.26. The molecule has 0 aliphatic heterocycles. The molecule has 0 unspecified atom stereocenters. The molecule has 0 radical (unpaired) electrons. The fraction of sp³-hybridized carbons (Fsp3) is 0.500. The van der Waals surface area contributed by atoms with E-state index in [1.54, 1.807) is 0 Å². The molecule has 1 atom stereocenters. The average molecular weight is 329 g/mol. The molecule has 2 N–H and O–H groups in total. The molecule has 0 spiro atoms. The quantitative estimate of drug-likeness (QED) is 0.631. The van der Waals surface area contributed by atoms with Crippen LogP contribution in [0.3, 0.4) is 0 Å². The number of rotatable bonds is 6. The molecule has 4 nitrogen and oxygen atoms in total. The van der Waals surface area contributed by atoms with Crippen LogP contribution < -0.4 is 5.73 Å². The fourth-order valence-corrected chi connectivity index (χ4v) is 3.44. The highest BCUT2D eigenvalue weighted by Crippen LogP contribution is 2.59. The molecule has 1 aromatic carbocycles. The monoisotopic (exact) mass is 329 g/mol. The minimum Gasteiger partial charge on any atom is -0.314 e. The lowest BCUT2D eigenvalue weighted by atomic mass is 10.1. The van der Waals surface area contributed by atoms with E-state index in [0.717, 1.165) is 12.1 Å². The zero-order valence-electron chi connectivity index (χ0n) is 11.5. The maximum Gasteiger partial charge on any atom is 0.416 e. The highest BCUT2D eigenvalue weighted by Gasteiger charge is 2.41.